The van der Waals surface area contributed by atoms with Gasteiger partial charge in [-0.25, -0.2) is 0 Å². The molecule has 1 aromatic carbocycles. The van der Waals surface area contributed by atoms with Crippen molar-refractivity contribution in [3.8, 4) is 5.69 Å². The Morgan fingerprint density at radius 1 is 1.47 bits per heavy atom. The maximum Gasteiger partial charge on any atom is 0.199 e. The molecule has 6 heteroatoms. The lowest BCUT2D eigenvalue weighted by molar-refractivity contribution is 0.269. The summed E-state index contributed by atoms with van der Waals surface area (Å²) in [6.45, 7) is -0.153. The number of nitrogens with zero attached hydrogens (tertiary/aromatic N) is 3. The van der Waals surface area contributed by atoms with Crippen molar-refractivity contribution in [2.24, 2.45) is 0 Å². The first-order valence-corrected chi connectivity index (χ1v) is 5.59. The Labute approximate surface area is 104 Å². The van der Waals surface area contributed by atoms with Crippen LogP contribution in [0.2, 0.25) is 0 Å². The average Bonchev–Trinajstić information content (AvgIpc) is 2.70. The Balaban J connectivity index is 2.56. The molecule has 17 heavy (non-hydrogen) atoms. The number of hydrogen-bond donors (Lipinski definition) is 2. The Morgan fingerprint density at radius 2 is 2.24 bits per heavy atom. The molecule has 0 fully saturated rings. The van der Waals surface area contributed by atoms with E-state index in [4.69, 9.17) is 12.2 Å². The highest BCUT2D eigenvalue weighted by Crippen LogP contribution is 2.18. The number of hydrogen-bond acceptors (Lipinski definition) is 4. The molecular formula is C11H14N4OS. The Morgan fingerprint density at radius 3 is 2.88 bits per heavy atom. The fraction of sp³-hybridized carbons (Fsp3) is 0.273. The van der Waals surface area contributed by atoms with E-state index in [0.717, 1.165) is 11.4 Å². The highest BCUT2D eigenvalue weighted by Gasteiger charge is 2.07. The molecule has 0 unspecified atom stereocenters. The third-order valence-electron chi connectivity index (χ3n) is 2.49. The van der Waals surface area contributed by atoms with Crippen molar-refractivity contribution in [2.75, 3.05) is 19.0 Å². The summed E-state index contributed by atoms with van der Waals surface area (Å²) in [5, 5.41) is 15.9. The van der Waals surface area contributed by atoms with Gasteiger partial charge in [0, 0.05) is 19.8 Å². The molecule has 2 aromatic rings. The van der Waals surface area contributed by atoms with Crippen molar-refractivity contribution >= 4 is 17.9 Å². The summed E-state index contributed by atoms with van der Waals surface area (Å²) in [4.78, 5) is 2.01. The second kappa shape index (κ2) is 4.68. The second-order valence-electron chi connectivity index (χ2n) is 3.85. The molecule has 0 aliphatic rings. The van der Waals surface area contributed by atoms with Gasteiger partial charge in [0.2, 0.25) is 0 Å². The topological polar surface area (TPSA) is 57.1 Å². The molecule has 0 saturated heterocycles. The number of H-pyrrole nitrogens is 1. The van der Waals surface area contributed by atoms with E-state index >= 15 is 0 Å². The van der Waals surface area contributed by atoms with Gasteiger partial charge in [0.1, 0.15) is 6.61 Å². The molecule has 0 bridgehead atoms. The number of anilines is 1. The van der Waals surface area contributed by atoms with Crippen LogP contribution in [0.3, 0.4) is 0 Å². The molecule has 0 saturated carbocycles. The number of rotatable bonds is 3. The zero-order valence-electron chi connectivity index (χ0n) is 9.71. The Bertz CT molecular complexity index is 573. The minimum absolute atomic E-state index is 0.153. The van der Waals surface area contributed by atoms with Gasteiger partial charge in [0.25, 0.3) is 0 Å². The van der Waals surface area contributed by atoms with Crippen molar-refractivity contribution in [1.29, 1.82) is 0 Å². The minimum Gasteiger partial charge on any atom is -0.388 e. The van der Waals surface area contributed by atoms with Crippen LogP contribution in [0.4, 0.5) is 5.69 Å². The molecule has 0 aliphatic carbocycles. The highest BCUT2D eigenvalue weighted by molar-refractivity contribution is 7.71. The summed E-state index contributed by atoms with van der Waals surface area (Å²) in [5.74, 6) is 0.505. The van der Waals surface area contributed by atoms with Crippen LogP contribution in [0.15, 0.2) is 24.3 Å². The predicted molar refractivity (Wildman–Crippen MR) is 69.0 cm³/mol. The summed E-state index contributed by atoms with van der Waals surface area (Å²) in [5.41, 5.74) is 1.95. The second-order valence-corrected chi connectivity index (χ2v) is 4.24. The van der Waals surface area contributed by atoms with Gasteiger partial charge in [0.15, 0.2) is 10.6 Å². The van der Waals surface area contributed by atoms with E-state index in [0.29, 0.717) is 10.6 Å². The van der Waals surface area contributed by atoms with Gasteiger partial charge in [-0.1, -0.05) is 6.07 Å². The SMILES string of the molecule is CN(C)c1cccc(-n2c(CO)n[nH]c2=S)c1. The van der Waals surface area contributed by atoms with Gasteiger partial charge in [-0.15, -0.1) is 0 Å². The highest BCUT2D eigenvalue weighted by atomic mass is 32.1. The van der Waals surface area contributed by atoms with E-state index in [1.807, 2.05) is 43.3 Å². The number of aliphatic hydroxyl groups excluding tert-OH is 1. The van der Waals surface area contributed by atoms with Crippen LogP contribution >= 0.6 is 12.2 Å². The van der Waals surface area contributed by atoms with E-state index in [1.54, 1.807) is 4.57 Å². The van der Waals surface area contributed by atoms with Crippen LogP contribution in [-0.4, -0.2) is 34.0 Å². The van der Waals surface area contributed by atoms with Gasteiger partial charge in [-0.3, -0.25) is 9.67 Å². The van der Waals surface area contributed by atoms with Crippen LogP contribution in [0, 0.1) is 4.77 Å². The number of aromatic nitrogens is 3. The zero-order valence-corrected chi connectivity index (χ0v) is 10.5. The van der Waals surface area contributed by atoms with Gasteiger partial charge in [-0.2, -0.15) is 5.10 Å². The number of aromatic amines is 1. The third-order valence-corrected chi connectivity index (χ3v) is 2.76. The normalized spacial score (nSPS) is 10.5. The van der Waals surface area contributed by atoms with Gasteiger partial charge in [-0.05, 0) is 30.4 Å². The monoisotopic (exact) mass is 250 g/mol. The summed E-state index contributed by atoms with van der Waals surface area (Å²) in [7, 11) is 3.95. The molecule has 0 spiro atoms. The largest absolute Gasteiger partial charge is 0.388 e. The fourth-order valence-corrected chi connectivity index (χ4v) is 1.87. The number of nitrogens with one attached hydrogen (secondary N) is 1. The lowest BCUT2D eigenvalue weighted by Crippen LogP contribution is -2.09. The van der Waals surface area contributed by atoms with Crippen molar-refractivity contribution in [3.63, 3.8) is 0 Å². The molecule has 2 N–H and O–H groups in total. The molecule has 1 heterocycles. The molecule has 5 nitrogen and oxygen atoms in total. The van der Waals surface area contributed by atoms with E-state index in [-0.39, 0.29) is 6.61 Å². The lowest BCUT2D eigenvalue weighted by atomic mass is 10.2. The van der Waals surface area contributed by atoms with Crippen molar-refractivity contribution < 1.29 is 5.11 Å². The quantitative estimate of drug-likeness (QED) is 0.810. The first-order chi connectivity index (χ1) is 8.13. The smallest absolute Gasteiger partial charge is 0.199 e. The zero-order chi connectivity index (χ0) is 12.4. The Kier molecular flexibility index (Phi) is 3.26. The standard InChI is InChI=1S/C11H14N4OS/c1-14(2)8-4-3-5-9(6-8)15-10(7-16)12-13-11(15)17/h3-6,16H,7H2,1-2H3,(H,13,17). The molecule has 0 amide bonds. The Hall–Kier alpha value is -1.66. The van der Waals surface area contributed by atoms with Gasteiger partial charge < -0.3 is 10.0 Å². The van der Waals surface area contributed by atoms with Crippen LogP contribution in [0.1, 0.15) is 5.82 Å². The van der Waals surface area contributed by atoms with Gasteiger partial charge in [0.05, 0.1) is 5.69 Å². The average molecular weight is 250 g/mol. The summed E-state index contributed by atoms with van der Waals surface area (Å²) < 4.78 is 2.20. The van der Waals surface area contributed by atoms with E-state index in [1.165, 1.54) is 0 Å². The summed E-state index contributed by atoms with van der Waals surface area (Å²) in [6, 6.07) is 7.87. The van der Waals surface area contributed by atoms with E-state index < -0.39 is 0 Å². The molecule has 0 aliphatic heterocycles. The van der Waals surface area contributed by atoms with Crippen LogP contribution < -0.4 is 4.90 Å². The first kappa shape index (κ1) is 11.8. The lowest BCUT2D eigenvalue weighted by Gasteiger charge is -2.14. The van der Waals surface area contributed by atoms with Crippen LogP contribution in [0.25, 0.3) is 5.69 Å². The molecule has 0 radical (unpaired) electrons. The maximum absolute atomic E-state index is 9.21. The first-order valence-electron chi connectivity index (χ1n) is 5.18. The molecule has 0 atom stereocenters. The number of benzene rings is 1. The van der Waals surface area contributed by atoms with Crippen LogP contribution in [-0.2, 0) is 6.61 Å². The van der Waals surface area contributed by atoms with E-state index in [9.17, 15) is 5.11 Å². The summed E-state index contributed by atoms with van der Waals surface area (Å²) >= 11 is 5.15. The van der Waals surface area contributed by atoms with Crippen molar-refractivity contribution in [2.45, 2.75) is 6.61 Å². The van der Waals surface area contributed by atoms with Gasteiger partial charge >= 0.3 is 0 Å². The summed E-state index contributed by atoms with van der Waals surface area (Å²) in [6.07, 6.45) is 0. The maximum atomic E-state index is 9.21. The number of aliphatic hydroxyl groups is 1. The molecular weight excluding hydrogens is 236 g/mol. The third kappa shape index (κ3) is 2.22. The minimum atomic E-state index is -0.153. The molecule has 2 rings (SSSR count). The molecule has 1 aromatic heterocycles. The fourth-order valence-electron chi connectivity index (χ4n) is 1.61. The van der Waals surface area contributed by atoms with Crippen molar-refractivity contribution in [3.05, 3.63) is 34.9 Å². The van der Waals surface area contributed by atoms with Crippen LogP contribution in [0.5, 0.6) is 0 Å². The van der Waals surface area contributed by atoms with E-state index in [2.05, 4.69) is 10.2 Å². The molecule has 90 valence electrons. The van der Waals surface area contributed by atoms with Crippen molar-refractivity contribution in [1.82, 2.24) is 14.8 Å². The predicted octanol–water partition coefficient (Wildman–Crippen LogP) is 1.49.